The Hall–Kier alpha value is -4.87. The van der Waals surface area contributed by atoms with Crippen LogP contribution in [0.1, 0.15) is 25.0 Å². The molecule has 13 heteroatoms. The van der Waals surface area contributed by atoms with Gasteiger partial charge in [0.25, 0.3) is 5.69 Å². The Labute approximate surface area is 268 Å². The minimum Gasteiger partial charge on any atom is -0.493 e. The van der Waals surface area contributed by atoms with Crippen molar-refractivity contribution in [1.82, 2.24) is 0 Å². The van der Waals surface area contributed by atoms with Crippen LogP contribution >= 0.6 is 23.2 Å². The molecule has 1 heterocycles. The quantitative estimate of drug-likeness (QED) is 0.140. The number of amides is 1. The Morgan fingerprint density at radius 2 is 1.71 bits per heavy atom. The first-order valence-electron chi connectivity index (χ1n) is 13.5. The van der Waals surface area contributed by atoms with Crippen LogP contribution in [0.25, 0.3) is 0 Å². The number of benzene rings is 3. The van der Waals surface area contributed by atoms with Gasteiger partial charge in [-0.05, 0) is 48.0 Å². The van der Waals surface area contributed by atoms with Gasteiger partial charge in [-0.25, -0.2) is 9.79 Å². The molecule has 0 fully saturated rings. The molecule has 0 aromatic heterocycles. The SMILES string of the molecule is COc1cc(COc2ccccc2N(C)C(=O)Oc2ccc3c(c2)C(C)(C)C2=C(Cl)C(=O)C(Cl)=CC2=N3)c([N+](=O)[O-])cc1OC. The van der Waals surface area contributed by atoms with Gasteiger partial charge in [0.2, 0.25) is 5.78 Å². The number of ketones is 1. The Bertz CT molecular complexity index is 1850. The molecule has 0 saturated heterocycles. The normalized spacial score (nSPS) is 14.9. The van der Waals surface area contributed by atoms with Crippen LogP contribution in [-0.2, 0) is 16.8 Å². The number of hydrogen-bond donors (Lipinski definition) is 0. The second-order valence-electron chi connectivity index (χ2n) is 10.6. The zero-order valence-corrected chi connectivity index (χ0v) is 26.4. The Kier molecular flexibility index (Phi) is 8.59. The number of nitrogens with zero attached hydrogens (tertiary/aromatic N) is 3. The molecular formula is C32H27Cl2N3O8. The highest BCUT2D eigenvalue weighted by Gasteiger charge is 2.40. The second kappa shape index (κ2) is 12.3. The number of carbonyl (C=O) groups is 2. The van der Waals surface area contributed by atoms with E-state index < -0.39 is 22.2 Å². The molecule has 1 amide bonds. The summed E-state index contributed by atoms with van der Waals surface area (Å²) in [5.41, 5.74) is 2.00. The molecule has 0 unspecified atom stereocenters. The summed E-state index contributed by atoms with van der Waals surface area (Å²) in [6.45, 7) is 3.60. The minimum absolute atomic E-state index is 0.00551. The van der Waals surface area contributed by atoms with Crippen molar-refractivity contribution in [2.45, 2.75) is 25.9 Å². The molecule has 0 atom stereocenters. The fourth-order valence-corrected chi connectivity index (χ4v) is 5.87. The number of para-hydroxylation sites is 2. The third-order valence-electron chi connectivity index (χ3n) is 7.53. The van der Waals surface area contributed by atoms with Crippen LogP contribution in [0, 0.1) is 10.1 Å². The molecule has 11 nitrogen and oxygen atoms in total. The van der Waals surface area contributed by atoms with E-state index in [-0.39, 0.29) is 45.2 Å². The van der Waals surface area contributed by atoms with Crippen molar-refractivity contribution in [3.8, 4) is 23.0 Å². The van der Waals surface area contributed by atoms with Crippen molar-refractivity contribution in [3.63, 3.8) is 0 Å². The summed E-state index contributed by atoms with van der Waals surface area (Å²) in [7, 11) is 4.32. The summed E-state index contributed by atoms with van der Waals surface area (Å²) in [4.78, 5) is 42.9. The standard InChI is InChI=1S/C32H27Cl2N3O8/c1-32(2)19-13-18(10-11-21(19)35-22-14-20(33)30(38)29(34)28(22)32)45-31(39)36(3)23-8-6-7-9-25(23)44-16-17-12-26(42-4)27(43-5)15-24(17)37(40)41/h6-15H,16H2,1-5H3. The fraction of sp³-hybridized carbons (Fsp3) is 0.219. The second-order valence-corrected chi connectivity index (χ2v) is 11.4. The molecule has 5 rings (SSSR count). The predicted molar refractivity (Wildman–Crippen MR) is 170 cm³/mol. The highest BCUT2D eigenvalue weighted by Crippen LogP contribution is 2.48. The molecule has 0 bridgehead atoms. The van der Waals surface area contributed by atoms with Crippen molar-refractivity contribution >= 4 is 57.9 Å². The summed E-state index contributed by atoms with van der Waals surface area (Å²) in [6.07, 6.45) is 0.780. The first-order chi connectivity index (χ1) is 21.4. The fourth-order valence-electron chi connectivity index (χ4n) is 5.19. The van der Waals surface area contributed by atoms with Gasteiger partial charge < -0.3 is 18.9 Å². The molecule has 45 heavy (non-hydrogen) atoms. The number of Topliss-reactive ketones (excluding diaryl/α,β-unsaturated/α-hetero) is 1. The van der Waals surface area contributed by atoms with Crippen LogP contribution in [0.15, 0.2) is 81.3 Å². The van der Waals surface area contributed by atoms with Gasteiger partial charge in [0.05, 0.1) is 57.9 Å². The van der Waals surface area contributed by atoms with Crippen molar-refractivity contribution in [3.05, 3.63) is 97.6 Å². The van der Waals surface area contributed by atoms with E-state index in [1.165, 1.54) is 44.4 Å². The van der Waals surface area contributed by atoms with Crippen LogP contribution in [0.2, 0.25) is 0 Å². The zero-order chi connectivity index (χ0) is 32.6. The van der Waals surface area contributed by atoms with E-state index in [1.807, 2.05) is 13.8 Å². The Morgan fingerprint density at radius 1 is 1.02 bits per heavy atom. The summed E-state index contributed by atoms with van der Waals surface area (Å²) >= 11 is 12.5. The number of halogens is 2. The first-order valence-corrected chi connectivity index (χ1v) is 14.2. The highest BCUT2D eigenvalue weighted by atomic mass is 35.5. The number of allylic oxidation sites excluding steroid dienone is 4. The number of ether oxygens (including phenoxy) is 4. The van der Waals surface area contributed by atoms with Gasteiger partial charge in [0.1, 0.15) is 18.1 Å². The molecule has 0 N–H and O–H groups in total. The van der Waals surface area contributed by atoms with E-state index in [0.29, 0.717) is 34.0 Å². The minimum atomic E-state index is -0.755. The van der Waals surface area contributed by atoms with Gasteiger partial charge in [-0.3, -0.25) is 19.8 Å². The third kappa shape index (κ3) is 5.84. The number of carbonyl (C=O) groups excluding carboxylic acids is 2. The maximum absolute atomic E-state index is 13.3. The maximum Gasteiger partial charge on any atom is 0.419 e. The van der Waals surface area contributed by atoms with Crippen molar-refractivity contribution in [2.24, 2.45) is 4.99 Å². The van der Waals surface area contributed by atoms with E-state index in [1.54, 1.807) is 42.5 Å². The largest absolute Gasteiger partial charge is 0.493 e. The lowest BCUT2D eigenvalue weighted by Gasteiger charge is -2.36. The summed E-state index contributed by atoms with van der Waals surface area (Å²) in [6, 6.07) is 14.4. The van der Waals surface area contributed by atoms with E-state index in [9.17, 15) is 19.7 Å². The number of rotatable bonds is 8. The van der Waals surface area contributed by atoms with E-state index in [4.69, 9.17) is 42.1 Å². The van der Waals surface area contributed by atoms with Gasteiger partial charge in [-0.2, -0.15) is 0 Å². The molecular weight excluding hydrogens is 625 g/mol. The van der Waals surface area contributed by atoms with Crippen LogP contribution in [0.4, 0.5) is 21.9 Å². The molecule has 3 aromatic carbocycles. The van der Waals surface area contributed by atoms with Gasteiger partial charge in [-0.1, -0.05) is 49.2 Å². The molecule has 0 spiro atoms. The average molecular weight is 652 g/mol. The lowest BCUT2D eigenvalue weighted by Crippen LogP contribution is -2.33. The number of nitro groups is 1. The first kappa shape index (κ1) is 31.6. The lowest BCUT2D eigenvalue weighted by atomic mass is 9.71. The smallest absolute Gasteiger partial charge is 0.419 e. The van der Waals surface area contributed by atoms with Gasteiger partial charge in [0, 0.05) is 18.0 Å². The Morgan fingerprint density at radius 3 is 2.40 bits per heavy atom. The van der Waals surface area contributed by atoms with E-state index in [0.717, 1.165) is 0 Å². The molecule has 3 aromatic rings. The molecule has 1 aliphatic heterocycles. The highest BCUT2D eigenvalue weighted by molar-refractivity contribution is 6.58. The number of anilines is 1. The molecule has 232 valence electrons. The number of aliphatic imine (C=N–C) groups is 1. The van der Waals surface area contributed by atoms with Crippen LogP contribution < -0.4 is 23.8 Å². The van der Waals surface area contributed by atoms with Crippen molar-refractivity contribution < 1.29 is 33.5 Å². The summed E-state index contributed by atoms with van der Waals surface area (Å²) in [5, 5.41) is 11.7. The molecule has 2 aliphatic rings. The van der Waals surface area contributed by atoms with Gasteiger partial charge in [-0.15, -0.1) is 0 Å². The maximum atomic E-state index is 13.3. The summed E-state index contributed by atoms with van der Waals surface area (Å²) < 4.78 is 22.2. The number of methoxy groups -OCH3 is 2. The number of hydrogen-bond acceptors (Lipinski definition) is 9. The lowest BCUT2D eigenvalue weighted by molar-refractivity contribution is -0.385. The van der Waals surface area contributed by atoms with Crippen LogP contribution in [0.5, 0.6) is 23.0 Å². The monoisotopic (exact) mass is 651 g/mol. The summed E-state index contributed by atoms with van der Waals surface area (Å²) in [5.74, 6) is 0.560. The molecule has 0 radical (unpaired) electrons. The number of fused-ring (bicyclic) bond motifs is 2. The predicted octanol–water partition coefficient (Wildman–Crippen LogP) is 7.39. The Balaban J connectivity index is 1.38. The van der Waals surface area contributed by atoms with Crippen molar-refractivity contribution in [2.75, 3.05) is 26.2 Å². The van der Waals surface area contributed by atoms with E-state index in [2.05, 4.69) is 4.99 Å². The van der Waals surface area contributed by atoms with Crippen molar-refractivity contribution in [1.29, 1.82) is 0 Å². The van der Waals surface area contributed by atoms with Crippen LogP contribution in [-0.4, -0.2) is 43.8 Å². The van der Waals surface area contributed by atoms with Gasteiger partial charge >= 0.3 is 6.09 Å². The van der Waals surface area contributed by atoms with Crippen LogP contribution in [0.3, 0.4) is 0 Å². The van der Waals surface area contributed by atoms with Gasteiger partial charge in [0.15, 0.2) is 11.5 Å². The topological polar surface area (TPSA) is 130 Å². The van der Waals surface area contributed by atoms with E-state index >= 15 is 0 Å². The third-order valence-corrected chi connectivity index (χ3v) is 8.17. The number of nitro benzene ring substituents is 1. The average Bonchev–Trinajstić information content (AvgIpc) is 3.01. The molecule has 1 aliphatic carbocycles. The zero-order valence-electron chi connectivity index (χ0n) is 24.8. The molecule has 0 saturated carbocycles.